The molecule has 0 saturated heterocycles. The molecule has 0 aliphatic heterocycles. The molecule has 0 aliphatic carbocycles. The lowest BCUT2D eigenvalue weighted by Crippen LogP contribution is -2.24. The van der Waals surface area contributed by atoms with Crippen LogP contribution in [0, 0.1) is 0 Å². The Morgan fingerprint density at radius 3 is 2.62 bits per heavy atom. The fraction of sp³-hybridized carbons (Fsp3) is 0.154. The molecule has 1 aromatic heterocycles. The van der Waals surface area contributed by atoms with E-state index in [0.29, 0.717) is 13.0 Å². The molecule has 0 aliphatic rings. The second-order valence-electron chi connectivity index (χ2n) is 3.66. The summed E-state index contributed by atoms with van der Waals surface area (Å²) < 4.78 is 0. The lowest BCUT2D eigenvalue weighted by atomic mass is 10.1. The van der Waals surface area contributed by atoms with E-state index < -0.39 is 0 Å². The molecule has 0 saturated carbocycles. The van der Waals surface area contributed by atoms with E-state index in [0.717, 1.165) is 11.1 Å². The van der Waals surface area contributed by atoms with Crippen LogP contribution in [0.4, 0.5) is 0 Å². The van der Waals surface area contributed by atoms with Gasteiger partial charge in [-0.05, 0) is 17.2 Å². The summed E-state index contributed by atoms with van der Waals surface area (Å²) in [6.07, 6.45) is 4.16. The van der Waals surface area contributed by atoms with Gasteiger partial charge in [-0.25, -0.2) is 0 Å². The molecular weight excluding hydrogens is 200 g/mol. The summed E-state index contributed by atoms with van der Waals surface area (Å²) in [6.45, 7) is 0.579. The normalized spacial score (nSPS) is 10.0. The van der Waals surface area contributed by atoms with Crippen LogP contribution in [0.2, 0.25) is 0 Å². The minimum Gasteiger partial charge on any atom is -0.367 e. The Labute approximate surface area is 94.5 Å². The highest BCUT2D eigenvalue weighted by atomic mass is 16.1. The highest BCUT2D eigenvalue weighted by Gasteiger charge is 2.02. The molecule has 0 unspecified atom stereocenters. The number of carbonyl (C=O) groups excluding carboxylic acids is 1. The van der Waals surface area contributed by atoms with Crippen molar-refractivity contribution in [2.75, 3.05) is 0 Å². The second kappa shape index (κ2) is 5.16. The molecular formula is C13H14N2O. The van der Waals surface area contributed by atoms with Gasteiger partial charge in [0.15, 0.2) is 0 Å². The number of nitrogens with one attached hydrogen (secondary N) is 2. The number of benzene rings is 1. The topological polar surface area (TPSA) is 44.9 Å². The van der Waals surface area contributed by atoms with Crippen molar-refractivity contribution >= 4 is 5.91 Å². The summed E-state index contributed by atoms with van der Waals surface area (Å²) in [5, 5.41) is 2.87. The average Bonchev–Trinajstić information content (AvgIpc) is 2.81. The first-order chi connectivity index (χ1) is 7.84. The molecule has 2 aromatic rings. The van der Waals surface area contributed by atoms with Gasteiger partial charge in [0, 0.05) is 18.9 Å². The molecule has 3 heteroatoms. The predicted octanol–water partition coefficient (Wildman–Crippen LogP) is 1.87. The Balaban J connectivity index is 1.81. The van der Waals surface area contributed by atoms with E-state index in [1.54, 1.807) is 0 Å². The van der Waals surface area contributed by atoms with Crippen LogP contribution in [0.1, 0.15) is 11.1 Å². The van der Waals surface area contributed by atoms with Crippen LogP contribution in [0.25, 0.3) is 0 Å². The molecule has 1 heterocycles. The van der Waals surface area contributed by atoms with Crippen molar-refractivity contribution in [3.05, 3.63) is 59.9 Å². The van der Waals surface area contributed by atoms with Crippen LogP contribution < -0.4 is 5.32 Å². The minimum atomic E-state index is 0.0485. The van der Waals surface area contributed by atoms with E-state index in [-0.39, 0.29) is 5.91 Å². The van der Waals surface area contributed by atoms with Crippen molar-refractivity contribution in [2.45, 2.75) is 13.0 Å². The van der Waals surface area contributed by atoms with Crippen LogP contribution in [-0.4, -0.2) is 10.9 Å². The van der Waals surface area contributed by atoms with Crippen LogP contribution >= 0.6 is 0 Å². The van der Waals surface area contributed by atoms with E-state index in [1.807, 2.05) is 48.8 Å². The third-order valence-corrected chi connectivity index (χ3v) is 2.36. The van der Waals surface area contributed by atoms with Gasteiger partial charge in [-0.2, -0.15) is 0 Å². The number of hydrogen-bond donors (Lipinski definition) is 2. The van der Waals surface area contributed by atoms with Crippen molar-refractivity contribution in [3.63, 3.8) is 0 Å². The van der Waals surface area contributed by atoms with Crippen molar-refractivity contribution < 1.29 is 4.79 Å². The van der Waals surface area contributed by atoms with Crippen molar-refractivity contribution in [2.24, 2.45) is 0 Å². The molecule has 0 atom stereocenters. The van der Waals surface area contributed by atoms with Gasteiger partial charge in [0.1, 0.15) is 0 Å². The Bertz CT molecular complexity index is 434. The predicted molar refractivity (Wildman–Crippen MR) is 62.8 cm³/mol. The van der Waals surface area contributed by atoms with Crippen LogP contribution in [-0.2, 0) is 17.8 Å². The molecule has 16 heavy (non-hydrogen) atoms. The van der Waals surface area contributed by atoms with Gasteiger partial charge < -0.3 is 10.3 Å². The van der Waals surface area contributed by atoms with Crippen LogP contribution in [0.3, 0.4) is 0 Å². The summed E-state index contributed by atoms with van der Waals surface area (Å²) in [4.78, 5) is 14.5. The summed E-state index contributed by atoms with van der Waals surface area (Å²) >= 11 is 0. The largest absolute Gasteiger partial charge is 0.367 e. The number of H-pyrrole nitrogens is 1. The lowest BCUT2D eigenvalue weighted by Gasteiger charge is -2.03. The van der Waals surface area contributed by atoms with Gasteiger partial charge in [-0.3, -0.25) is 4.79 Å². The summed E-state index contributed by atoms with van der Waals surface area (Å²) in [5.74, 6) is 0.0485. The quantitative estimate of drug-likeness (QED) is 0.801. The van der Waals surface area contributed by atoms with E-state index >= 15 is 0 Å². The highest BCUT2D eigenvalue weighted by molar-refractivity contribution is 5.78. The minimum absolute atomic E-state index is 0.0485. The van der Waals surface area contributed by atoms with Crippen molar-refractivity contribution in [1.82, 2.24) is 10.3 Å². The fourth-order valence-electron chi connectivity index (χ4n) is 1.51. The third kappa shape index (κ3) is 2.98. The molecule has 0 radical (unpaired) electrons. The molecule has 1 amide bonds. The Kier molecular flexibility index (Phi) is 3.38. The summed E-state index contributed by atoms with van der Waals surface area (Å²) in [6, 6.07) is 11.7. The smallest absolute Gasteiger partial charge is 0.224 e. The standard InChI is InChI=1S/C13H14N2O/c16-13(8-11-4-2-1-3-5-11)15-10-12-6-7-14-9-12/h1-7,9,14H,8,10H2,(H,15,16). The second-order valence-corrected chi connectivity index (χ2v) is 3.66. The first-order valence-electron chi connectivity index (χ1n) is 5.27. The maximum atomic E-state index is 11.6. The van der Waals surface area contributed by atoms with Crippen molar-refractivity contribution in [3.8, 4) is 0 Å². The van der Waals surface area contributed by atoms with Gasteiger partial charge in [0.25, 0.3) is 0 Å². The summed E-state index contributed by atoms with van der Waals surface area (Å²) in [5.41, 5.74) is 2.12. The summed E-state index contributed by atoms with van der Waals surface area (Å²) in [7, 11) is 0. The van der Waals surface area contributed by atoms with Gasteiger partial charge >= 0.3 is 0 Å². The van der Waals surface area contributed by atoms with Gasteiger partial charge in [-0.15, -0.1) is 0 Å². The fourth-order valence-corrected chi connectivity index (χ4v) is 1.51. The van der Waals surface area contributed by atoms with Crippen LogP contribution in [0.15, 0.2) is 48.8 Å². The van der Waals surface area contributed by atoms with E-state index in [4.69, 9.17) is 0 Å². The van der Waals surface area contributed by atoms with Gasteiger partial charge in [0.05, 0.1) is 6.42 Å². The molecule has 2 N–H and O–H groups in total. The maximum Gasteiger partial charge on any atom is 0.224 e. The van der Waals surface area contributed by atoms with E-state index in [1.165, 1.54) is 0 Å². The Morgan fingerprint density at radius 2 is 1.94 bits per heavy atom. The Morgan fingerprint density at radius 1 is 1.12 bits per heavy atom. The third-order valence-electron chi connectivity index (χ3n) is 2.36. The van der Waals surface area contributed by atoms with Crippen molar-refractivity contribution in [1.29, 1.82) is 0 Å². The highest BCUT2D eigenvalue weighted by Crippen LogP contribution is 2.00. The zero-order valence-corrected chi connectivity index (χ0v) is 8.94. The molecule has 82 valence electrons. The van der Waals surface area contributed by atoms with Crippen LogP contribution in [0.5, 0.6) is 0 Å². The number of hydrogen-bond acceptors (Lipinski definition) is 1. The molecule has 2 rings (SSSR count). The maximum absolute atomic E-state index is 11.6. The zero-order chi connectivity index (χ0) is 11.2. The Hall–Kier alpha value is -2.03. The first kappa shape index (κ1) is 10.5. The number of amides is 1. The molecule has 0 spiro atoms. The molecule has 0 bridgehead atoms. The first-order valence-corrected chi connectivity index (χ1v) is 5.27. The molecule has 3 nitrogen and oxygen atoms in total. The molecule has 0 fully saturated rings. The van der Waals surface area contributed by atoms with Gasteiger partial charge in [0.2, 0.25) is 5.91 Å². The number of aromatic nitrogens is 1. The number of aromatic amines is 1. The van der Waals surface area contributed by atoms with E-state index in [9.17, 15) is 4.79 Å². The number of rotatable bonds is 4. The molecule has 1 aromatic carbocycles. The van der Waals surface area contributed by atoms with Gasteiger partial charge in [-0.1, -0.05) is 30.3 Å². The van der Waals surface area contributed by atoms with E-state index in [2.05, 4.69) is 10.3 Å². The SMILES string of the molecule is O=C(Cc1ccccc1)NCc1cc[nH]c1. The zero-order valence-electron chi connectivity index (χ0n) is 8.94. The average molecular weight is 214 g/mol. The monoisotopic (exact) mass is 214 g/mol. The number of carbonyl (C=O) groups is 1. The lowest BCUT2D eigenvalue weighted by molar-refractivity contribution is -0.120.